The Labute approximate surface area is 121 Å². The van der Waals surface area contributed by atoms with Crippen molar-refractivity contribution in [2.75, 3.05) is 18.6 Å². The average Bonchev–Trinajstić information content (AvgIpc) is 2.37. The van der Waals surface area contributed by atoms with Crippen LogP contribution in [-0.4, -0.2) is 18.6 Å². The molecule has 1 aromatic rings. The molecular weight excluding hydrogens is 256 g/mol. The van der Waals surface area contributed by atoms with Gasteiger partial charge < -0.3 is 4.74 Å². The molecule has 3 N–H and O–H groups in total. The minimum absolute atomic E-state index is 0.188. The van der Waals surface area contributed by atoms with E-state index in [9.17, 15) is 0 Å². The number of aryl methyl sites for hydroxylation is 2. The second kappa shape index (κ2) is 7.78. The van der Waals surface area contributed by atoms with E-state index in [1.54, 1.807) is 7.11 Å². The normalized spacial score (nSPS) is 12.8. The smallest absolute Gasteiger partial charge is 0.122 e. The Hall–Kier alpha value is -0.710. The Kier molecular flexibility index (Phi) is 6.69. The molecule has 0 aliphatic heterocycles. The van der Waals surface area contributed by atoms with Crippen molar-refractivity contribution in [1.29, 1.82) is 0 Å². The number of hydrogen-bond acceptors (Lipinski definition) is 4. The molecule has 19 heavy (non-hydrogen) atoms. The molecule has 0 saturated heterocycles. The van der Waals surface area contributed by atoms with E-state index >= 15 is 0 Å². The zero-order valence-electron chi connectivity index (χ0n) is 12.6. The van der Waals surface area contributed by atoms with Gasteiger partial charge in [0.1, 0.15) is 5.75 Å². The van der Waals surface area contributed by atoms with Crippen molar-refractivity contribution in [3.05, 3.63) is 28.8 Å². The van der Waals surface area contributed by atoms with E-state index < -0.39 is 0 Å². The molecule has 1 rings (SSSR count). The molecule has 0 heterocycles. The summed E-state index contributed by atoms with van der Waals surface area (Å²) in [6.07, 6.45) is 0. The number of nitrogens with two attached hydrogens (primary N) is 1. The highest BCUT2D eigenvalue weighted by molar-refractivity contribution is 7.99. The number of benzene rings is 1. The van der Waals surface area contributed by atoms with Gasteiger partial charge >= 0.3 is 0 Å². The fraction of sp³-hybridized carbons (Fsp3) is 0.600. The molecule has 1 unspecified atom stereocenters. The predicted octanol–water partition coefficient (Wildman–Crippen LogP) is 3.21. The number of thioether (sulfide) groups is 1. The number of hydrazine groups is 1. The third-order valence-corrected chi connectivity index (χ3v) is 4.57. The molecule has 0 radical (unpaired) electrons. The maximum Gasteiger partial charge on any atom is 0.122 e. The summed E-state index contributed by atoms with van der Waals surface area (Å²) in [4.78, 5) is 0. The summed E-state index contributed by atoms with van der Waals surface area (Å²) in [6.45, 7) is 8.65. The minimum atomic E-state index is 0.188. The van der Waals surface area contributed by atoms with Crippen molar-refractivity contribution < 1.29 is 4.74 Å². The Balaban J connectivity index is 2.83. The molecular formula is C15H26N2OS. The van der Waals surface area contributed by atoms with Gasteiger partial charge in [-0.3, -0.25) is 11.3 Å². The quantitative estimate of drug-likeness (QED) is 0.595. The van der Waals surface area contributed by atoms with E-state index in [4.69, 9.17) is 10.6 Å². The number of rotatable bonds is 7. The fourth-order valence-electron chi connectivity index (χ4n) is 2.06. The molecule has 0 saturated carbocycles. The lowest BCUT2D eigenvalue weighted by Crippen LogP contribution is -2.30. The summed E-state index contributed by atoms with van der Waals surface area (Å²) < 4.78 is 5.35. The van der Waals surface area contributed by atoms with Crippen molar-refractivity contribution in [2.24, 2.45) is 11.8 Å². The first-order valence-corrected chi connectivity index (χ1v) is 7.84. The minimum Gasteiger partial charge on any atom is -0.496 e. The van der Waals surface area contributed by atoms with Crippen LogP contribution in [0.2, 0.25) is 0 Å². The third kappa shape index (κ3) is 4.71. The van der Waals surface area contributed by atoms with Gasteiger partial charge in [-0.25, -0.2) is 0 Å². The lowest BCUT2D eigenvalue weighted by Gasteiger charge is -2.20. The van der Waals surface area contributed by atoms with Gasteiger partial charge in [-0.2, -0.15) is 11.8 Å². The molecule has 0 spiro atoms. The maximum atomic E-state index is 5.72. The SMILES string of the molecule is COc1cc(C)c(C(CSCC(C)C)NN)cc1C. The molecule has 1 atom stereocenters. The van der Waals surface area contributed by atoms with Gasteiger partial charge in [-0.05, 0) is 48.3 Å². The summed E-state index contributed by atoms with van der Waals surface area (Å²) in [6, 6.07) is 4.45. The van der Waals surface area contributed by atoms with Crippen LogP contribution in [0, 0.1) is 19.8 Å². The van der Waals surface area contributed by atoms with Crippen molar-refractivity contribution >= 4 is 11.8 Å². The summed E-state index contributed by atoms with van der Waals surface area (Å²) in [5, 5.41) is 0. The molecule has 0 fully saturated rings. The third-order valence-electron chi connectivity index (χ3n) is 3.10. The molecule has 0 amide bonds. The number of ether oxygens (including phenoxy) is 1. The first-order valence-electron chi connectivity index (χ1n) is 6.68. The highest BCUT2D eigenvalue weighted by atomic mass is 32.2. The van der Waals surface area contributed by atoms with Crippen LogP contribution >= 0.6 is 11.8 Å². The van der Waals surface area contributed by atoms with Crippen molar-refractivity contribution in [3.63, 3.8) is 0 Å². The first-order chi connectivity index (χ1) is 8.99. The van der Waals surface area contributed by atoms with Crippen LogP contribution in [0.15, 0.2) is 12.1 Å². The average molecular weight is 282 g/mol. The van der Waals surface area contributed by atoms with Gasteiger partial charge in [-0.1, -0.05) is 19.9 Å². The lowest BCUT2D eigenvalue weighted by atomic mass is 9.99. The molecule has 0 aliphatic rings. The molecule has 4 heteroatoms. The van der Waals surface area contributed by atoms with Gasteiger partial charge in [0.05, 0.1) is 13.2 Å². The summed E-state index contributed by atoms with van der Waals surface area (Å²) in [7, 11) is 1.71. The predicted molar refractivity (Wildman–Crippen MR) is 84.7 cm³/mol. The Morgan fingerprint density at radius 2 is 1.89 bits per heavy atom. The van der Waals surface area contributed by atoms with E-state index in [-0.39, 0.29) is 6.04 Å². The summed E-state index contributed by atoms with van der Waals surface area (Å²) >= 11 is 1.94. The van der Waals surface area contributed by atoms with Crippen LogP contribution < -0.4 is 16.0 Å². The zero-order chi connectivity index (χ0) is 14.4. The van der Waals surface area contributed by atoms with Crippen LogP contribution in [0.25, 0.3) is 0 Å². The second-order valence-corrected chi connectivity index (χ2v) is 6.40. The largest absolute Gasteiger partial charge is 0.496 e. The van der Waals surface area contributed by atoms with Gasteiger partial charge in [-0.15, -0.1) is 0 Å². The van der Waals surface area contributed by atoms with Crippen LogP contribution in [0.4, 0.5) is 0 Å². The molecule has 0 aliphatic carbocycles. The Morgan fingerprint density at radius 3 is 2.42 bits per heavy atom. The molecule has 0 aromatic heterocycles. The monoisotopic (exact) mass is 282 g/mol. The lowest BCUT2D eigenvalue weighted by molar-refractivity contribution is 0.411. The summed E-state index contributed by atoms with van der Waals surface area (Å²) in [5.74, 6) is 9.51. The molecule has 1 aromatic carbocycles. The number of methoxy groups -OCH3 is 1. The first kappa shape index (κ1) is 16.3. The molecule has 0 bridgehead atoms. The topological polar surface area (TPSA) is 47.3 Å². The van der Waals surface area contributed by atoms with Crippen LogP contribution in [-0.2, 0) is 0 Å². The highest BCUT2D eigenvalue weighted by Crippen LogP contribution is 2.28. The van der Waals surface area contributed by atoms with Crippen LogP contribution in [0.3, 0.4) is 0 Å². The van der Waals surface area contributed by atoms with Crippen LogP contribution in [0.1, 0.15) is 36.6 Å². The Bertz CT molecular complexity index is 407. The zero-order valence-corrected chi connectivity index (χ0v) is 13.4. The van der Waals surface area contributed by atoms with Gasteiger partial charge in [0, 0.05) is 5.75 Å². The van der Waals surface area contributed by atoms with Gasteiger partial charge in [0.15, 0.2) is 0 Å². The van der Waals surface area contributed by atoms with Crippen molar-refractivity contribution in [1.82, 2.24) is 5.43 Å². The van der Waals surface area contributed by atoms with Crippen molar-refractivity contribution in [2.45, 2.75) is 33.7 Å². The number of nitrogens with one attached hydrogen (secondary N) is 1. The van der Waals surface area contributed by atoms with Gasteiger partial charge in [0.25, 0.3) is 0 Å². The maximum absolute atomic E-state index is 5.72. The number of hydrogen-bond donors (Lipinski definition) is 2. The van der Waals surface area contributed by atoms with E-state index in [0.717, 1.165) is 22.8 Å². The molecule has 3 nitrogen and oxygen atoms in total. The second-order valence-electron chi connectivity index (χ2n) is 5.33. The van der Waals surface area contributed by atoms with E-state index in [1.807, 2.05) is 11.8 Å². The Morgan fingerprint density at radius 1 is 1.21 bits per heavy atom. The van der Waals surface area contributed by atoms with Gasteiger partial charge in [0.2, 0.25) is 0 Å². The standard InChI is InChI=1S/C15H26N2OS/c1-10(2)8-19-9-14(17-16)13-6-12(4)15(18-5)7-11(13)3/h6-7,10,14,17H,8-9,16H2,1-5H3. The van der Waals surface area contributed by atoms with Crippen molar-refractivity contribution in [3.8, 4) is 5.75 Å². The summed E-state index contributed by atoms with van der Waals surface area (Å²) in [5.41, 5.74) is 6.57. The van der Waals surface area contributed by atoms with E-state index in [1.165, 1.54) is 11.1 Å². The molecule has 108 valence electrons. The highest BCUT2D eigenvalue weighted by Gasteiger charge is 2.14. The fourth-order valence-corrected chi connectivity index (χ4v) is 3.18. The van der Waals surface area contributed by atoms with E-state index in [2.05, 4.69) is 45.3 Å². The van der Waals surface area contributed by atoms with Crippen LogP contribution in [0.5, 0.6) is 5.75 Å². The van der Waals surface area contributed by atoms with E-state index in [0.29, 0.717) is 5.92 Å².